The molecule has 0 aliphatic carbocycles. The lowest BCUT2D eigenvalue weighted by atomic mass is 10.2. The summed E-state index contributed by atoms with van der Waals surface area (Å²) < 4.78 is 23.7. The van der Waals surface area contributed by atoms with Crippen LogP contribution in [0.5, 0.6) is 0 Å². The number of carbonyl (C=O) groups is 1. The number of hydrogen-bond donors (Lipinski definition) is 2. The Morgan fingerprint density at radius 3 is 3.17 bits per heavy atom. The topological polar surface area (TPSA) is 71.0 Å². The van der Waals surface area contributed by atoms with Crippen molar-refractivity contribution in [3.05, 3.63) is 24.4 Å². The molecule has 2 aliphatic heterocycles. The second-order valence-corrected chi connectivity index (χ2v) is 4.17. The molecule has 0 spiro atoms. The number of rotatable bonds is 3. The number of aliphatic hydroxyl groups excluding tert-OH is 1. The Kier molecular flexibility index (Phi) is 3.65. The van der Waals surface area contributed by atoms with Crippen molar-refractivity contribution in [3.63, 3.8) is 0 Å². The lowest BCUT2D eigenvalue weighted by molar-refractivity contribution is -0.120. The fraction of sp³-hybridized carbons (Fsp3) is 0.545. The van der Waals surface area contributed by atoms with E-state index in [4.69, 9.17) is 9.47 Å². The first-order valence-electron chi connectivity index (χ1n) is 5.51. The van der Waals surface area contributed by atoms with E-state index < -0.39 is 30.2 Å². The van der Waals surface area contributed by atoms with Crippen LogP contribution in [0.1, 0.15) is 6.42 Å². The molecular formula is C11H15FN2O4. The second kappa shape index (κ2) is 5.05. The van der Waals surface area contributed by atoms with Gasteiger partial charge in [0, 0.05) is 19.7 Å². The molecule has 100 valence electrons. The zero-order valence-electron chi connectivity index (χ0n) is 9.93. The van der Waals surface area contributed by atoms with Gasteiger partial charge < -0.3 is 24.8 Å². The maximum Gasteiger partial charge on any atom is 0.287 e. The molecule has 3 atom stereocenters. The summed E-state index contributed by atoms with van der Waals surface area (Å²) in [5.41, 5.74) is 0. The first-order chi connectivity index (χ1) is 8.52. The van der Waals surface area contributed by atoms with Crippen LogP contribution in [0.3, 0.4) is 0 Å². The molecule has 0 aromatic rings. The summed E-state index contributed by atoms with van der Waals surface area (Å²) in [5, 5.41) is 12.0. The van der Waals surface area contributed by atoms with Crippen molar-refractivity contribution in [2.75, 3.05) is 13.7 Å². The summed E-state index contributed by atoms with van der Waals surface area (Å²) in [6, 6.07) is 0. The number of halogens is 1. The standard InChI is InChI=1S/C11H15FN2O4/c1-6-13-11(16)7(12)4-14(6)10-3-8(15)9(18-10)5-17-2/h4,8-10,15H,1,3,5H2,2H3,(H,13,16)/t8?,9-,10-/m1/s1. The molecule has 1 amide bonds. The number of nitrogens with zero attached hydrogens (tertiary/aromatic N) is 1. The van der Waals surface area contributed by atoms with Gasteiger partial charge in [-0.25, -0.2) is 0 Å². The van der Waals surface area contributed by atoms with Gasteiger partial charge in [-0.2, -0.15) is 4.39 Å². The van der Waals surface area contributed by atoms with E-state index in [9.17, 15) is 14.3 Å². The van der Waals surface area contributed by atoms with E-state index >= 15 is 0 Å². The molecule has 0 bridgehead atoms. The van der Waals surface area contributed by atoms with Gasteiger partial charge >= 0.3 is 0 Å². The van der Waals surface area contributed by atoms with Crippen molar-refractivity contribution in [3.8, 4) is 0 Å². The third-order valence-corrected chi connectivity index (χ3v) is 2.88. The minimum absolute atomic E-state index is 0.219. The zero-order valence-corrected chi connectivity index (χ0v) is 9.93. The van der Waals surface area contributed by atoms with Crippen LogP contribution in [-0.2, 0) is 14.3 Å². The van der Waals surface area contributed by atoms with Crippen LogP contribution in [0.2, 0.25) is 0 Å². The number of aliphatic hydroxyl groups is 1. The molecule has 1 saturated heterocycles. The Labute approximate surface area is 104 Å². The van der Waals surface area contributed by atoms with Crippen LogP contribution >= 0.6 is 0 Å². The highest BCUT2D eigenvalue weighted by atomic mass is 19.1. The van der Waals surface area contributed by atoms with E-state index in [1.165, 1.54) is 12.0 Å². The average Bonchev–Trinajstić information content (AvgIpc) is 2.66. The van der Waals surface area contributed by atoms with Crippen molar-refractivity contribution >= 4 is 5.91 Å². The van der Waals surface area contributed by atoms with Crippen molar-refractivity contribution in [1.29, 1.82) is 0 Å². The van der Waals surface area contributed by atoms with E-state index in [0.717, 1.165) is 6.20 Å². The van der Waals surface area contributed by atoms with Crippen molar-refractivity contribution in [2.45, 2.75) is 24.9 Å². The maximum atomic E-state index is 13.2. The third-order valence-electron chi connectivity index (χ3n) is 2.88. The predicted octanol–water partition coefficient (Wildman–Crippen LogP) is -0.177. The summed E-state index contributed by atoms with van der Waals surface area (Å²) in [5.74, 6) is -1.53. The van der Waals surface area contributed by atoms with Crippen LogP contribution < -0.4 is 5.32 Å². The molecule has 2 rings (SSSR count). The predicted molar refractivity (Wildman–Crippen MR) is 59.5 cm³/mol. The van der Waals surface area contributed by atoms with E-state index in [1.807, 2.05) is 0 Å². The van der Waals surface area contributed by atoms with Gasteiger partial charge in [0.15, 0.2) is 0 Å². The summed E-state index contributed by atoms with van der Waals surface area (Å²) in [7, 11) is 1.50. The lowest BCUT2D eigenvalue weighted by Gasteiger charge is -2.31. The second-order valence-electron chi connectivity index (χ2n) is 4.17. The molecule has 0 aromatic carbocycles. The van der Waals surface area contributed by atoms with E-state index in [2.05, 4.69) is 11.9 Å². The summed E-state index contributed by atoms with van der Waals surface area (Å²) in [6.45, 7) is 3.86. The van der Waals surface area contributed by atoms with Gasteiger partial charge in [0.25, 0.3) is 5.91 Å². The zero-order chi connectivity index (χ0) is 13.3. The molecule has 2 heterocycles. The van der Waals surface area contributed by atoms with Crippen LogP contribution in [0.4, 0.5) is 4.39 Å². The van der Waals surface area contributed by atoms with E-state index in [-0.39, 0.29) is 18.8 Å². The van der Waals surface area contributed by atoms with Gasteiger partial charge in [0.2, 0.25) is 5.83 Å². The maximum absolute atomic E-state index is 13.2. The van der Waals surface area contributed by atoms with Gasteiger partial charge in [-0.15, -0.1) is 0 Å². The number of nitrogens with one attached hydrogen (secondary N) is 1. The lowest BCUT2D eigenvalue weighted by Crippen LogP contribution is -2.42. The van der Waals surface area contributed by atoms with E-state index in [1.54, 1.807) is 0 Å². The van der Waals surface area contributed by atoms with Gasteiger partial charge in [-0.1, -0.05) is 6.58 Å². The number of hydrogen-bond acceptors (Lipinski definition) is 5. The van der Waals surface area contributed by atoms with Crippen molar-refractivity contribution in [2.24, 2.45) is 0 Å². The quantitative estimate of drug-likeness (QED) is 0.735. The Morgan fingerprint density at radius 1 is 1.78 bits per heavy atom. The SMILES string of the molecule is C=C1NC(=O)C(F)=CN1[C@H]1CC(O)[C@@H](COC)O1. The molecule has 0 radical (unpaired) electrons. The average molecular weight is 258 g/mol. The molecule has 7 heteroatoms. The van der Waals surface area contributed by atoms with Crippen LogP contribution in [-0.4, -0.2) is 48.1 Å². The fourth-order valence-corrected chi connectivity index (χ4v) is 1.97. The highest BCUT2D eigenvalue weighted by Crippen LogP contribution is 2.27. The Bertz CT molecular complexity index is 399. The highest BCUT2D eigenvalue weighted by Gasteiger charge is 2.39. The summed E-state index contributed by atoms with van der Waals surface area (Å²) in [4.78, 5) is 12.4. The van der Waals surface area contributed by atoms with Gasteiger partial charge in [-0.3, -0.25) is 4.79 Å². The third kappa shape index (κ3) is 2.38. The van der Waals surface area contributed by atoms with Gasteiger partial charge in [-0.05, 0) is 0 Å². The molecular weight excluding hydrogens is 243 g/mol. The molecule has 2 N–H and O–H groups in total. The molecule has 0 aromatic heterocycles. The Balaban J connectivity index is 2.09. The molecule has 6 nitrogen and oxygen atoms in total. The molecule has 0 saturated carbocycles. The molecule has 18 heavy (non-hydrogen) atoms. The fourth-order valence-electron chi connectivity index (χ4n) is 1.97. The first kappa shape index (κ1) is 13.0. The summed E-state index contributed by atoms with van der Waals surface area (Å²) >= 11 is 0. The largest absolute Gasteiger partial charge is 0.390 e. The normalized spacial score (nSPS) is 32.5. The van der Waals surface area contributed by atoms with Crippen molar-refractivity contribution < 1.29 is 23.8 Å². The van der Waals surface area contributed by atoms with Crippen LogP contribution in [0, 0.1) is 0 Å². The Morgan fingerprint density at radius 2 is 2.50 bits per heavy atom. The first-order valence-corrected chi connectivity index (χ1v) is 5.51. The number of carbonyl (C=O) groups excluding carboxylic acids is 1. The number of methoxy groups -OCH3 is 1. The monoisotopic (exact) mass is 258 g/mol. The van der Waals surface area contributed by atoms with Crippen LogP contribution in [0.15, 0.2) is 24.4 Å². The molecule has 2 aliphatic rings. The minimum atomic E-state index is -0.921. The van der Waals surface area contributed by atoms with Gasteiger partial charge in [0.1, 0.15) is 18.2 Å². The smallest absolute Gasteiger partial charge is 0.287 e. The molecule has 1 unspecified atom stereocenters. The van der Waals surface area contributed by atoms with Crippen molar-refractivity contribution in [1.82, 2.24) is 10.2 Å². The number of amides is 1. The number of ether oxygens (including phenoxy) is 2. The Hall–Kier alpha value is -1.44. The minimum Gasteiger partial charge on any atom is -0.390 e. The van der Waals surface area contributed by atoms with Gasteiger partial charge in [0.05, 0.1) is 12.7 Å². The van der Waals surface area contributed by atoms with E-state index in [0.29, 0.717) is 0 Å². The van der Waals surface area contributed by atoms with Crippen LogP contribution in [0.25, 0.3) is 0 Å². The highest BCUT2D eigenvalue weighted by molar-refractivity contribution is 5.93. The molecule has 1 fully saturated rings. The summed E-state index contributed by atoms with van der Waals surface area (Å²) in [6.07, 6.45) is -0.432.